The maximum atomic E-state index is 12.0. The Morgan fingerprint density at radius 3 is 3.05 bits per heavy atom. The molecule has 0 bridgehead atoms. The molecule has 1 saturated heterocycles. The Morgan fingerprint density at radius 2 is 2.38 bits per heavy atom. The quantitative estimate of drug-likeness (QED) is 0.772. The van der Waals surface area contributed by atoms with Crippen LogP contribution in [0.3, 0.4) is 0 Å². The van der Waals surface area contributed by atoms with Crippen molar-refractivity contribution in [2.24, 2.45) is 0 Å². The molecule has 21 heavy (non-hydrogen) atoms. The van der Waals surface area contributed by atoms with E-state index in [1.807, 2.05) is 13.8 Å². The number of urea groups is 1. The zero-order valence-electron chi connectivity index (χ0n) is 12.7. The number of aromatic nitrogens is 2. The summed E-state index contributed by atoms with van der Waals surface area (Å²) in [6, 6.07) is -0.130. The lowest BCUT2D eigenvalue weighted by Gasteiger charge is -2.23. The third-order valence-electron chi connectivity index (χ3n) is 3.69. The summed E-state index contributed by atoms with van der Waals surface area (Å²) in [5.74, 6) is 1.59. The van der Waals surface area contributed by atoms with Crippen molar-refractivity contribution in [1.29, 1.82) is 0 Å². The Morgan fingerprint density at radius 1 is 1.57 bits per heavy atom. The molecule has 118 valence electrons. The molecule has 2 heterocycles. The number of amides is 2. The van der Waals surface area contributed by atoms with Gasteiger partial charge in [-0.25, -0.2) is 4.79 Å². The van der Waals surface area contributed by atoms with E-state index < -0.39 is 0 Å². The number of carbonyl (C=O) groups is 1. The Bertz CT molecular complexity index is 461. The van der Waals surface area contributed by atoms with Gasteiger partial charge in [-0.3, -0.25) is 0 Å². The van der Waals surface area contributed by atoms with Crippen LogP contribution in [-0.2, 0) is 6.42 Å². The van der Waals surface area contributed by atoms with E-state index >= 15 is 0 Å². The average Bonchev–Trinajstić information content (AvgIpc) is 3.11. The minimum atomic E-state index is -0.0973. The van der Waals surface area contributed by atoms with Crippen molar-refractivity contribution in [2.45, 2.75) is 51.5 Å². The number of carbonyl (C=O) groups excluding carboxylic acids is 1. The van der Waals surface area contributed by atoms with Gasteiger partial charge in [0.2, 0.25) is 5.89 Å². The molecule has 0 aromatic carbocycles. The lowest BCUT2D eigenvalue weighted by molar-refractivity contribution is 0.157. The van der Waals surface area contributed by atoms with Crippen LogP contribution in [0.5, 0.6) is 0 Å². The van der Waals surface area contributed by atoms with Gasteiger partial charge in [0.15, 0.2) is 5.82 Å². The van der Waals surface area contributed by atoms with E-state index in [2.05, 4.69) is 15.5 Å². The van der Waals surface area contributed by atoms with Gasteiger partial charge in [0.05, 0.1) is 12.6 Å². The van der Waals surface area contributed by atoms with Gasteiger partial charge < -0.3 is 19.8 Å². The lowest BCUT2D eigenvalue weighted by atomic mass is 10.2. The normalized spacial score (nSPS) is 18.5. The molecule has 0 unspecified atom stereocenters. The first-order valence-electron chi connectivity index (χ1n) is 7.59. The van der Waals surface area contributed by atoms with Crippen LogP contribution in [-0.4, -0.2) is 51.9 Å². The van der Waals surface area contributed by atoms with E-state index in [9.17, 15) is 9.90 Å². The van der Waals surface area contributed by atoms with Crippen molar-refractivity contribution < 1.29 is 14.4 Å². The first-order valence-corrected chi connectivity index (χ1v) is 7.59. The first kappa shape index (κ1) is 15.8. The minimum Gasteiger partial charge on any atom is -0.394 e. The number of nitrogens with one attached hydrogen (secondary N) is 1. The molecule has 1 atom stereocenters. The second kappa shape index (κ2) is 7.40. The summed E-state index contributed by atoms with van der Waals surface area (Å²) in [5.41, 5.74) is 0. The van der Waals surface area contributed by atoms with Crippen LogP contribution in [0, 0.1) is 0 Å². The van der Waals surface area contributed by atoms with E-state index in [0.29, 0.717) is 18.9 Å². The maximum Gasteiger partial charge on any atom is 0.317 e. The highest BCUT2D eigenvalue weighted by molar-refractivity contribution is 5.74. The fraction of sp³-hybridized carbons (Fsp3) is 0.786. The second-order valence-corrected chi connectivity index (χ2v) is 5.71. The van der Waals surface area contributed by atoms with Crippen LogP contribution in [0.2, 0.25) is 0 Å². The maximum absolute atomic E-state index is 12.0. The number of hydrogen-bond donors (Lipinski definition) is 2. The molecule has 0 aliphatic carbocycles. The number of likely N-dealkylation sites (tertiary alicyclic amines) is 1. The first-order chi connectivity index (χ1) is 10.1. The molecule has 2 rings (SSSR count). The third-order valence-corrected chi connectivity index (χ3v) is 3.69. The van der Waals surface area contributed by atoms with Gasteiger partial charge in [-0.05, 0) is 19.3 Å². The van der Waals surface area contributed by atoms with Crippen LogP contribution in [0.4, 0.5) is 4.79 Å². The molecule has 1 aromatic rings. The summed E-state index contributed by atoms with van der Waals surface area (Å²) in [4.78, 5) is 18.0. The van der Waals surface area contributed by atoms with Crippen LogP contribution in [0.25, 0.3) is 0 Å². The molecule has 0 saturated carbocycles. The van der Waals surface area contributed by atoms with E-state index in [1.165, 1.54) is 0 Å². The van der Waals surface area contributed by atoms with Gasteiger partial charge in [-0.2, -0.15) is 4.98 Å². The third kappa shape index (κ3) is 4.17. The Hall–Kier alpha value is -1.63. The molecule has 2 N–H and O–H groups in total. The number of aliphatic hydroxyl groups is 1. The molecule has 7 nitrogen and oxygen atoms in total. The summed E-state index contributed by atoms with van der Waals surface area (Å²) >= 11 is 0. The molecule has 0 spiro atoms. The van der Waals surface area contributed by atoms with Gasteiger partial charge >= 0.3 is 6.03 Å². The van der Waals surface area contributed by atoms with Crippen molar-refractivity contribution in [3.63, 3.8) is 0 Å². The number of hydrogen-bond acceptors (Lipinski definition) is 5. The summed E-state index contributed by atoms with van der Waals surface area (Å²) in [6.45, 7) is 5.35. The smallest absolute Gasteiger partial charge is 0.317 e. The Balaban J connectivity index is 1.68. The van der Waals surface area contributed by atoms with Crippen molar-refractivity contribution in [1.82, 2.24) is 20.4 Å². The molecule has 0 radical (unpaired) electrons. The predicted octanol–water partition coefficient (Wildman–Crippen LogP) is 1.29. The highest BCUT2D eigenvalue weighted by Crippen LogP contribution is 2.16. The number of rotatable bonds is 6. The second-order valence-electron chi connectivity index (χ2n) is 5.71. The van der Waals surface area contributed by atoms with E-state index in [1.54, 1.807) is 4.90 Å². The standard InChI is InChI=1S/C14H24N4O3/c1-10(2)13-16-12(21-17-13)6-3-7-15-14(20)18-8-4-5-11(18)9-19/h10-11,19H,3-9H2,1-2H3,(H,15,20)/t11-/m0/s1. The van der Waals surface area contributed by atoms with Gasteiger partial charge in [0.1, 0.15) is 0 Å². The fourth-order valence-electron chi connectivity index (χ4n) is 2.43. The summed E-state index contributed by atoms with van der Waals surface area (Å²) in [7, 11) is 0. The van der Waals surface area contributed by atoms with Gasteiger partial charge in [-0.15, -0.1) is 0 Å². The van der Waals surface area contributed by atoms with Crippen LogP contribution in [0.1, 0.15) is 50.7 Å². The van der Waals surface area contributed by atoms with Crippen molar-refractivity contribution in [3.8, 4) is 0 Å². The molecule has 7 heteroatoms. The van der Waals surface area contributed by atoms with Crippen molar-refractivity contribution in [2.75, 3.05) is 19.7 Å². The monoisotopic (exact) mass is 296 g/mol. The van der Waals surface area contributed by atoms with Crippen LogP contribution in [0.15, 0.2) is 4.52 Å². The number of aliphatic hydroxyl groups excluding tert-OH is 1. The SMILES string of the molecule is CC(C)c1noc(CCCNC(=O)N2CCC[C@H]2CO)n1. The van der Waals surface area contributed by atoms with Crippen LogP contribution < -0.4 is 5.32 Å². The Kier molecular flexibility index (Phi) is 5.55. The molecule has 1 fully saturated rings. The van der Waals surface area contributed by atoms with Crippen molar-refractivity contribution in [3.05, 3.63) is 11.7 Å². The van der Waals surface area contributed by atoms with Crippen molar-refractivity contribution >= 4 is 6.03 Å². The van der Waals surface area contributed by atoms with E-state index in [-0.39, 0.29) is 24.6 Å². The van der Waals surface area contributed by atoms with E-state index in [0.717, 1.165) is 31.6 Å². The minimum absolute atomic E-state index is 0.0328. The fourth-order valence-corrected chi connectivity index (χ4v) is 2.43. The zero-order valence-corrected chi connectivity index (χ0v) is 12.7. The molecule has 1 aliphatic rings. The van der Waals surface area contributed by atoms with Crippen LogP contribution >= 0.6 is 0 Å². The predicted molar refractivity (Wildman–Crippen MR) is 76.9 cm³/mol. The molecular formula is C14H24N4O3. The molecular weight excluding hydrogens is 272 g/mol. The molecule has 1 aromatic heterocycles. The highest BCUT2D eigenvalue weighted by atomic mass is 16.5. The Labute approximate surface area is 124 Å². The summed E-state index contributed by atoms with van der Waals surface area (Å²) in [6.07, 6.45) is 3.25. The lowest BCUT2D eigenvalue weighted by Crippen LogP contribution is -2.44. The molecule has 2 amide bonds. The summed E-state index contributed by atoms with van der Waals surface area (Å²) < 4.78 is 5.15. The average molecular weight is 296 g/mol. The number of nitrogens with zero attached hydrogens (tertiary/aromatic N) is 3. The topological polar surface area (TPSA) is 91.5 Å². The van der Waals surface area contributed by atoms with Gasteiger partial charge in [0, 0.05) is 25.4 Å². The zero-order chi connectivity index (χ0) is 15.2. The largest absolute Gasteiger partial charge is 0.394 e. The van der Waals surface area contributed by atoms with Gasteiger partial charge in [0.25, 0.3) is 0 Å². The number of aryl methyl sites for hydroxylation is 1. The van der Waals surface area contributed by atoms with Gasteiger partial charge in [-0.1, -0.05) is 19.0 Å². The summed E-state index contributed by atoms with van der Waals surface area (Å²) in [5, 5.41) is 16.0. The van der Waals surface area contributed by atoms with E-state index in [4.69, 9.17) is 4.52 Å². The highest BCUT2D eigenvalue weighted by Gasteiger charge is 2.27. The molecule has 1 aliphatic heterocycles.